The summed E-state index contributed by atoms with van der Waals surface area (Å²) in [5.74, 6) is -1.41. The lowest BCUT2D eigenvalue weighted by Crippen LogP contribution is -2.44. The summed E-state index contributed by atoms with van der Waals surface area (Å²) >= 11 is 0. The second kappa shape index (κ2) is 13.4. The predicted molar refractivity (Wildman–Crippen MR) is 147 cm³/mol. The van der Waals surface area contributed by atoms with Crippen LogP contribution in [0, 0.1) is 5.82 Å². The molecule has 3 aromatic heterocycles. The maximum atomic E-state index is 14.3. The predicted octanol–water partition coefficient (Wildman–Crippen LogP) is 2.79. The first-order valence-corrected chi connectivity index (χ1v) is 12.6. The number of anilines is 1. The fourth-order valence-electron chi connectivity index (χ4n) is 3.74. The van der Waals surface area contributed by atoms with Crippen molar-refractivity contribution in [1.82, 2.24) is 24.8 Å². The molecule has 1 atom stereocenters. The molecule has 3 amide bonds. The summed E-state index contributed by atoms with van der Waals surface area (Å²) in [5.41, 5.74) is 0.908. The number of rotatable bonds is 11. The van der Waals surface area contributed by atoms with Gasteiger partial charge in [-0.3, -0.25) is 19.4 Å². The Bertz CT molecular complexity index is 1460. The highest BCUT2D eigenvalue weighted by Gasteiger charge is 2.22. The number of methoxy groups -OCH3 is 1. The van der Waals surface area contributed by atoms with E-state index in [0.717, 1.165) is 6.20 Å². The number of ether oxygens (including phenoxy) is 2. The Labute approximate surface area is 230 Å². The van der Waals surface area contributed by atoms with Gasteiger partial charge in [-0.1, -0.05) is 6.08 Å². The maximum Gasteiger partial charge on any atom is 0.407 e. The number of hydrogen-bond donors (Lipinski definition) is 3. The smallest absolute Gasteiger partial charge is 0.407 e. The standard InChI is InChI=1S/C27H33FN6O6/c1-16(2)40-24-18(28)14-29-21-13-17(30-23(21)24)15-34-12-8-10-20(26(34)37)31-25(36)19(32-27(38)39-5)9-6-7-11-22(35)33(3)4/h7-8,10-14,16,19,30H,6,9,15H2,1-5H3,(H,31,36)(H,32,38). The van der Waals surface area contributed by atoms with Crippen molar-refractivity contribution in [1.29, 1.82) is 0 Å². The first kappa shape index (κ1) is 29.9. The summed E-state index contributed by atoms with van der Waals surface area (Å²) in [6, 6.07) is 3.68. The van der Waals surface area contributed by atoms with Crippen molar-refractivity contribution in [3.05, 3.63) is 64.6 Å². The number of hydrogen-bond acceptors (Lipinski definition) is 7. The van der Waals surface area contributed by atoms with Gasteiger partial charge in [0.25, 0.3) is 5.56 Å². The van der Waals surface area contributed by atoms with E-state index in [1.807, 2.05) is 0 Å². The summed E-state index contributed by atoms with van der Waals surface area (Å²) in [6.45, 7) is 3.64. The first-order valence-electron chi connectivity index (χ1n) is 12.6. The van der Waals surface area contributed by atoms with E-state index in [0.29, 0.717) is 23.1 Å². The van der Waals surface area contributed by atoms with Gasteiger partial charge < -0.3 is 34.6 Å². The number of likely N-dealkylation sites (N-methyl/N-ethyl adjacent to an activating group) is 1. The topological polar surface area (TPSA) is 148 Å². The number of pyridine rings is 2. The highest BCUT2D eigenvalue weighted by Crippen LogP contribution is 2.28. The molecule has 0 bridgehead atoms. The molecule has 0 saturated carbocycles. The van der Waals surface area contributed by atoms with Gasteiger partial charge >= 0.3 is 6.09 Å². The second-order valence-corrected chi connectivity index (χ2v) is 9.40. The zero-order valence-corrected chi connectivity index (χ0v) is 23.0. The van der Waals surface area contributed by atoms with Crippen molar-refractivity contribution in [3.8, 4) is 5.75 Å². The van der Waals surface area contributed by atoms with Gasteiger partial charge in [0, 0.05) is 26.0 Å². The number of allylic oxidation sites excluding steroid dienone is 1. The van der Waals surface area contributed by atoms with Crippen molar-refractivity contribution < 1.29 is 28.2 Å². The van der Waals surface area contributed by atoms with Crippen LogP contribution in [-0.4, -0.2) is 70.7 Å². The van der Waals surface area contributed by atoms with E-state index in [-0.39, 0.29) is 36.4 Å². The van der Waals surface area contributed by atoms with E-state index < -0.39 is 29.4 Å². The molecule has 0 aliphatic heterocycles. The number of amides is 3. The molecule has 0 fully saturated rings. The highest BCUT2D eigenvalue weighted by atomic mass is 19.1. The largest absolute Gasteiger partial charge is 0.486 e. The molecule has 3 rings (SSSR count). The minimum absolute atomic E-state index is 0.00777. The summed E-state index contributed by atoms with van der Waals surface area (Å²) < 4.78 is 25.9. The molecule has 0 aromatic carbocycles. The molecule has 3 heterocycles. The highest BCUT2D eigenvalue weighted by molar-refractivity contribution is 5.96. The number of carbonyl (C=O) groups is 3. The van der Waals surface area contributed by atoms with Gasteiger partial charge in [0.2, 0.25) is 11.8 Å². The zero-order valence-electron chi connectivity index (χ0n) is 23.0. The monoisotopic (exact) mass is 556 g/mol. The number of alkyl carbamates (subject to hydrolysis) is 1. The fourth-order valence-corrected chi connectivity index (χ4v) is 3.74. The van der Waals surface area contributed by atoms with Crippen LogP contribution in [0.5, 0.6) is 5.75 Å². The van der Waals surface area contributed by atoms with Crippen LogP contribution in [0.1, 0.15) is 32.4 Å². The van der Waals surface area contributed by atoms with E-state index in [2.05, 4.69) is 25.3 Å². The Morgan fingerprint density at radius 1 is 1.27 bits per heavy atom. The Balaban J connectivity index is 1.78. The van der Waals surface area contributed by atoms with E-state index >= 15 is 0 Å². The van der Waals surface area contributed by atoms with Gasteiger partial charge in [0.05, 0.1) is 31.5 Å². The van der Waals surface area contributed by atoms with Gasteiger partial charge in [0.1, 0.15) is 17.2 Å². The minimum atomic E-state index is -1.03. The average Bonchev–Trinajstić information content (AvgIpc) is 3.32. The summed E-state index contributed by atoms with van der Waals surface area (Å²) in [6.07, 6.45) is 4.96. The normalized spacial score (nSPS) is 12.0. The average molecular weight is 557 g/mol. The van der Waals surface area contributed by atoms with E-state index in [4.69, 9.17) is 4.74 Å². The quantitative estimate of drug-likeness (QED) is 0.308. The number of nitrogens with zero attached hydrogens (tertiary/aromatic N) is 3. The zero-order chi connectivity index (χ0) is 29.4. The number of H-pyrrole nitrogens is 1. The molecule has 0 aliphatic carbocycles. The van der Waals surface area contributed by atoms with E-state index in [9.17, 15) is 23.6 Å². The molecule has 0 aliphatic rings. The third-order valence-corrected chi connectivity index (χ3v) is 5.70. The molecule has 12 nitrogen and oxygen atoms in total. The van der Waals surface area contributed by atoms with Crippen LogP contribution in [0.25, 0.3) is 11.0 Å². The SMILES string of the molecule is COC(=O)NC(CCC=CC(=O)N(C)C)C(=O)Nc1cccn(Cc2cc3ncc(F)c(OC(C)C)c3[nH]2)c1=O. The van der Waals surface area contributed by atoms with E-state index in [1.54, 1.807) is 52.3 Å². The Morgan fingerprint density at radius 2 is 2.02 bits per heavy atom. The molecule has 3 N–H and O–H groups in total. The number of halogens is 1. The van der Waals surface area contributed by atoms with Crippen molar-refractivity contribution in [2.45, 2.75) is 45.4 Å². The lowest BCUT2D eigenvalue weighted by molar-refractivity contribution is -0.123. The lowest BCUT2D eigenvalue weighted by Gasteiger charge is -2.17. The summed E-state index contributed by atoms with van der Waals surface area (Å²) in [5, 5.41) is 5.01. The van der Waals surface area contributed by atoms with E-state index in [1.165, 1.54) is 28.7 Å². The molecule has 1 unspecified atom stereocenters. The minimum Gasteiger partial charge on any atom is -0.486 e. The lowest BCUT2D eigenvalue weighted by atomic mass is 10.1. The molecule has 13 heteroatoms. The molecular formula is C27H33FN6O6. The number of aromatic amines is 1. The van der Waals surface area contributed by atoms with Gasteiger partial charge in [0.15, 0.2) is 11.6 Å². The Hall–Kier alpha value is -4.68. The number of carbonyl (C=O) groups excluding carboxylic acids is 3. The fraction of sp³-hybridized carbons (Fsp3) is 0.370. The number of fused-ring (bicyclic) bond motifs is 1. The van der Waals surface area contributed by atoms with Crippen LogP contribution in [0.15, 0.2) is 47.5 Å². The number of nitrogens with one attached hydrogen (secondary N) is 3. The first-order chi connectivity index (χ1) is 19.0. The van der Waals surface area contributed by atoms with Gasteiger partial charge in [-0.2, -0.15) is 0 Å². The van der Waals surface area contributed by atoms with Crippen LogP contribution in [0.4, 0.5) is 14.9 Å². The molecule has 214 valence electrons. The Kier molecular flexibility index (Phi) is 10.0. The van der Waals surface area contributed by atoms with Gasteiger partial charge in [-0.25, -0.2) is 9.18 Å². The molecular weight excluding hydrogens is 523 g/mol. The van der Waals surface area contributed by atoms with Crippen molar-refractivity contribution in [2.24, 2.45) is 0 Å². The van der Waals surface area contributed by atoms with Crippen molar-refractivity contribution in [2.75, 3.05) is 26.5 Å². The van der Waals surface area contributed by atoms with Crippen LogP contribution in [-0.2, 0) is 20.9 Å². The van der Waals surface area contributed by atoms with Crippen LogP contribution >= 0.6 is 0 Å². The van der Waals surface area contributed by atoms with Crippen molar-refractivity contribution in [3.63, 3.8) is 0 Å². The molecule has 40 heavy (non-hydrogen) atoms. The molecule has 3 aromatic rings. The van der Waals surface area contributed by atoms with Gasteiger partial charge in [-0.15, -0.1) is 0 Å². The summed E-state index contributed by atoms with van der Waals surface area (Å²) in [7, 11) is 4.39. The second-order valence-electron chi connectivity index (χ2n) is 9.40. The molecule has 0 radical (unpaired) electrons. The van der Waals surface area contributed by atoms with Crippen LogP contribution < -0.4 is 20.9 Å². The van der Waals surface area contributed by atoms with Crippen molar-refractivity contribution >= 4 is 34.6 Å². The van der Waals surface area contributed by atoms with Crippen LogP contribution in [0.3, 0.4) is 0 Å². The maximum absolute atomic E-state index is 14.3. The van der Waals surface area contributed by atoms with Gasteiger partial charge in [-0.05, 0) is 51.0 Å². The molecule has 0 saturated heterocycles. The van der Waals surface area contributed by atoms with Crippen LogP contribution in [0.2, 0.25) is 0 Å². The third-order valence-electron chi connectivity index (χ3n) is 5.70. The summed E-state index contributed by atoms with van der Waals surface area (Å²) in [4.78, 5) is 58.2. The molecule has 0 spiro atoms. The third kappa shape index (κ3) is 7.68. The Morgan fingerprint density at radius 3 is 2.70 bits per heavy atom. The number of aromatic nitrogens is 3.